The van der Waals surface area contributed by atoms with Crippen molar-refractivity contribution in [3.05, 3.63) is 72.5 Å². The molecule has 1 aliphatic rings. The summed E-state index contributed by atoms with van der Waals surface area (Å²) in [5.74, 6) is -0.641. The zero-order valence-corrected chi connectivity index (χ0v) is 13.5. The molecule has 112 valence electrons. The smallest absolute Gasteiger partial charge is 0.266 e. The first-order valence-corrected chi connectivity index (χ1v) is 7.63. The SMILES string of the molecule is C.C=C/C=C(\C=C)N1C(=O)c2ccccc2C1=O.CCI. The second-order valence-corrected chi connectivity index (χ2v) is 5.32. The van der Waals surface area contributed by atoms with Gasteiger partial charge in [-0.2, -0.15) is 0 Å². The number of alkyl halides is 1. The van der Waals surface area contributed by atoms with E-state index >= 15 is 0 Å². The van der Waals surface area contributed by atoms with Crippen molar-refractivity contribution in [1.82, 2.24) is 4.90 Å². The van der Waals surface area contributed by atoms with E-state index in [1.54, 1.807) is 30.3 Å². The highest BCUT2D eigenvalue weighted by Crippen LogP contribution is 2.26. The predicted molar refractivity (Wildman–Crippen MR) is 96.7 cm³/mol. The molecule has 0 unspecified atom stereocenters. The van der Waals surface area contributed by atoms with Crippen LogP contribution in [0.5, 0.6) is 0 Å². The van der Waals surface area contributed by atoms with Crippen LogP contribution in [0, 0.1) is 0 Å². The van der Waals surface area contributed by atoms with Gasteiger partial charge >= 0.3 is 0 Å². The van der Waals surface area contributed by atoms with Crippen LogP contribution < -0.4 is 0 Å². The van der Waals surface area contributed by atoms with Gasteiger partial charge in [0.25, 0.3) is 11.8 Å². The molecule has 0 radical (unpaired) electrons. The number of halogens is 1. The molecule has 21 heavy (non-hydrogen) atoms. The molecule has 1 heterocycles. The summed E-state index contributed by atoms with van der Waals surface area (Å²) in [5.41, 5.74) is 1.29. The van der Waals surface area contributed by atoms with Crippen molar-refractivity contribution in [2.45, 2.75) is 14.4 Å². The first-order chi connectivity index (χ1) is 9.62. The molecule has 0 aromatic heterocycles. The monoisotopic (exact) mass is 397 g/mol. The Bertz CT molecular complexity index is 541. The van der Waals surface area contributed by atoms with E-state index in [9.17, 15) is 9.59 Å². The highest BCUT2D eigenvalue weighted by molar-refractivity contribution is 14.1. The topological polar surface area (TPSA) is 37.4 Å². The molecule has 0 atom stereocenters. The van der Waals surface area contributed by atoms with E-state index in [2.05, 4.69) is 42.7 Å². The molecule has 2 rings (SSSR count). The highest BCUT2D eigenvalue weighted by Gasteiger charge is 2.36. The minimum atomic E-state index is -0.321. The first kappa shape index (κ1) is 19.3. The van der Waals surface area contributed by atoms with Crippen LogP contribution >= 0.6 is 22.6 Å². The van der Waals surface area contributed by atoms with E-state index < -0.39 is 0 Å². The third-order valence-electron chi connectivity index (χ3n) is 2.55. The van der Waals surface area contributed by atoms with E-state index in [-0.39, 0.29) is 19.2 Å². The quantitative estimate of drug-likeness (QED) is 0.323. The van der Waals surface area contributed by atoms with Gasteiger partial charge in [-0.05, 0) is 28.7 Å². The first-order valence-electron chi connectivity index (χ1n) is 6.11. The van der Waals surface area contributed by atoms with Crippen LogP contribution in [0.2, 0.25) is 0 Å². The summed E-state index contributed by atoms with van der Waals surface area (Å²) in [4.78, 5) is 25.2. The van der Waals surface area contributed by atoms with Gasteiger partial charge in [0, 0.05) is 0 Å². The Labute approximate surface area is 140 Å². The fourth-order valence-corrected chi connectivity index (χ4v) is 1.78. The third kappa shape index (κ3) is 4.14. The molecule has 0 aliphatic carbocycles. The standard InChI is InChI=1S/C14H11NO2.C2H5I.CH4/c1-3-7-10(4-2)15-13(16)11-8-5-6-9-12(11)14(15)17;1-2-3;/h3-9H,1-2H2;2H2,1H3;1H4/b10-7+;;. The number of allylic oxidation sites excluding steroid dienone is 3. The van der Waals surface area contributed by atoms with E-state index in [1.165, 1.54) is 16.6 Å². The molecule has 1 aromatic carbocycles. The molecule has 1 aliphatic heterocycles. The van der Waals surface area contributed by atoms with Gasteiger partial charge < -0.3 is 0 Å². The fourth-order valence-electron chi connectivity index (χ4n) is 1.78. The summed E-state index contributed by atoms with van der Waals surface area (Å²) >= 11 is 2.29. The normalized spacial score (nSPS) is 12.9. The van der Waals surface area contributed by atoms with Crippen LogP contribution in [0.3, 0.4) is 0 Å². The van der Waals surface area contributed by atoms with Crippen molar-refractivity contribution in [2.75, 3.05) is 4.43 Å². The maximum absolute atomic E-state index is 12.1. The Kier molecular flexibility index (Phi) is 8.54. The Morgan fingerprint density at radius 2 is 1.62 bits per heavy atom. The number of imide groups is 1. The molecule has 0 saturated carbocycles. The summed E-state index contributed by atoms with van der Waals surface area (Å²) in [6, 6.07) is 6.75. The van der Waals surface area contributed by atoms with Crippen molar-refractivity contribution in [3.63, 3.8) is 0 Å². The number of hydrogen-bond acceptors (Lipinski definition) is 2. The number of carbonyl (C=O) groups excluding carboxylic acids is 2. The molecule has 0 bridgehead atoms. The van der Waals surface area contributed by atoms with Gasteiger partial charge in [-0.15, -0.1) is 0 Å². The average Bonchev–Trinajstić information content (AvgIpc) is 2.70. The Balaban J connectivity index is 0.000000922. The van der Waals surface area contributed by atoms with Gasteiger partial charge in [0.1, 0.15) is 0 Å². The molecule has 0 spiro atoms. The van der Waals surface area contributed by atoms with Gasteiger partial charge in [-0.3, -0.25) is 9.59 Å². The number of carbonyl (C=O) groups is 2. The van der Waals surface area contributed by atoms with E-state index in [1.807, 2.05) is 0 Å². The zero-order chi connectivity index (χ0) is 15.1. The van der Waals surface area contributed by atoms with E-state index in [0.29, 0.717) is 16.8 Å². The summed E-state index contributed by atoms with van der Waals surface area (Å²) in [7, 11) is 0. The van der Waals surface area contributed by atoms with Gasteiger partial charge in [0.2, 0.25) is 0 Å². The molecule has 0 N–H and O–H groups in total. The van der Waals surface area contributed by atoms with Crippen molar-refractivity contribution < 1.29 is 9.59 Å². The van der Waals surface area contributed by atoms with Gasteiger partial charge in [-0.25, -0.2) is 4.90 Å². The Hall–Kier alpha value is -1.69. The summed E-state index contributed by atoms with van der Waals surface area (Å²) in [5, 5.41) is 0. The number of benzene rings is 1. The van der Waals surface area contributed by atoms with Gasteiger partial charge in [-0.1, -0.05) is 68.3 Å². The minimum absolute atomic E-state index is 0. The molecule has 0 saturated heterocycles. The number of rotatable bonds is 3. The molecular weight excluding hydrogens is 377 g/mol. The number of amides is 2. The summed E-state index contributed by atoms with van der Waals surface area (Å²) in [6.07, 6.45) is 4.55. The van der Waals surface area contributed by atoms with Crippen LogP contribution in [0.25, 0.3) is 0 Å². The summed E-state index contributed by atoms with van der Waals surface area (Å²) in [6.45, 7) is 9.25. The van der Waals surface area contributed by atoms with Crippen molar-refractivity contribution in [3.8, 4) is 0 Å². The average molecular weight is 397 g/mol. The van der Waals surface area contributed by atoms with Crippen molar-refractivity contribution in [2.24, 2.45) is 0 Å². The largest absolute Gasteiger partial charge is 0.268 e. The lowest BCUT2D eigenvalue weighted by atomic mass is 10.1. The van der Waals surface area contributed by atoms with E-state index in [4.69, 9.17) is 0 Å². The van der Waals surface area contributed by atoms with Gasteiger partial charge in [0.05, 0.1) is 16.8 Å². The number of hydrogen-bond donors (Lipinski definition) is 0. The predicted octanol–water partition coefficient (Wildman–Crippen LogP) is 4.62. The zero-order valence-electron chi connectivity index (χ0n) is 11.3. The molecule has 4 heteroatoms. The second-order valence-electron chi connectivity index (χ2n) is 3.79. The van der Waals surface area contributed by atoms with Gasteiger partial charge in [0.15, 0.2) is 0 Å². The highest BCUT2D eigenvalue weighted by atomic mass is 127. The molecule has 3 nitrogen and oxygen atoms in total. The molecular formula is C17H20INO2. The van der Waals surface area contributed by atoms with Crippen LogP contribution in [0.1, 0.15) is 35.1 Å². The number of fused-ring (bicyclic) bond motifs is 1. The van der Waals surface area contributed by atoms with E-state index in [0.717, 1.165) is 4.90 Å². The fraction of sp³-hybridized carbons (Fsp3) is 0.176. The Morgan fingerprint density at radius 1 is 1.19 bits per heavy atom. The molecule has 0 fully saturated rings. The third-order valence-corrected chi connectivity index (χ3v) is 2.55. The Morgan fingerprint density at radius 3 is 1.95 bits per heavy atom. The van der Waals surface area contributed by atoms with Crippen molar-refractivity contribution in [1.29, 1.82) is 0 Å². The lowest BCUT2D eigenvalue weighted by molar-refractivity contribution is 0.0709. The minimum Gasteiger partial charge on any atom is -0.268 e. The molecule has 2 amide bonds. The van der Waals surface area contributed by atoms with Crippen LogP contribution in [-0.4, -0.2) is 21.1 Å². The molecule has 1 aromatic rings. The maximum atomic E-state index is 12.1. The van der Waals surface area contributed by atoms with Crippen LogP contribution in [-0.2, 0) is 0 Å². The number of nitrogens with zero attached hydrogens (tertiary/aromatic N) is 1. The second kappa shape index (κ2) is 9.28. The maximum Gasteiger partial charge on any atom is 0.266 e. The lowest BCUT2D eigenvalue weighted by Gasteiger charge is -2.14. The van der Waals surface area contributed by atoms with Crippen molar-refractivity contribution >= 4 is 34.4 Å². The lowest BCUT2D eigenvalue weighted by Crippen LogP contribution is -2.28. The van der Waals surface area contributed by atoms with Crippen LogP contribution in [0.15, 0.2) is 61.3 Å². The van der Waals surface area contributed by atoms with Crippen LogP contribution in [0.4, 0.5) is 0 Å². The summed E-state index contributed by atoms with van der Waals surface area (Å²) < 4.78 is 1.22.